The zero-order valence-electron chi connectivity index (χ0n) is 20.8. The predicted octanol–water partition coefficient (Wildman–Crippen LogP) is 5.86. The quantitative estimate of drug-likeness (QED) is 0.323. The molecule has 8 rings (SSSR count). The van der Waals surface area contributed by atoms with Crippen molar-refractivity contribution in [1.29, 1.82) is 0 Å². The third kappa shape index (κ3) is 3.72. The van der Waals surface area contributed by atoms with Crippen molar-refractivity contribution in [3.8, 4) is 17.2 Å². The van der Waals surface area contributed by atoms with Gasteiger partial charge in [0.15, 0.2) is 12.6 Å². The van der Waals surface area contributed by atoms with Crippen molar-refractivity contribution >= 4 is 0 Å². The Morgan fingerprint density at radius 1 is 0.919 bits per heavy atom. The van der Waals surface area contributed by atoms with Crippen LogP contribution in [0.5, 0.6) is 17.2 Å². The Kier molecular flexibility index (Phi) is 5.11. The summed E-state index contributed by atoms with van der Waals surface area (Å²) < 4.78 is 33.2. The summed E-state index contributed by atoms with van der Waals surface area (Å²) in [6, 6.07) is 22.4. The lowest BCUT2D eigenvalue weighted by atomic mass is 9.74. The average molecular weight is 499 g/mol. The minimum atomic E-state index is -0.611. The second kappa shape index (κ2) is 8.42. The summed E-state index contributed by atoms with van der Waals surface area (Å²) in [6.45, 7) is 5.84. The summed E-state index contributed by atoms with van der Waals surface area (Å²) in [6.07, 6.45) is 2.30. The molecular formula is C30H29FN3O3+. The molecule has 3 fully saturated rings. The number of fused-ring (bicyclic) bond motifs is 5. The Morgan fingerprint density at radius 2 is 1.57 bits per heavy atom. The summed E-state index contributed by atoms with van der Waals surface area (Å²) in [4.78, 5) is 0. The number of piperidine rings is 3. The van der Waals surface area contributed by atoms with Gasteiger partial charge in [-0.25, -0.2) is 4.39 Å². The van der Waals surface area contributed by atoms with E-state index in [1.165, 1.54) is 12.1 Å². The van der Waals surface area contributed by atoms with Crippen LogP contribution < -0.4 is 9.47 Å². The maximum atomic E-state index is 13.4. The van der Waals surface area contributed by atoms with Gasteiger partial charge in [-0.05, 0) is 43.3 Å². The molecule has 4 aromatic rings. The molecule has 2 bridgehead atoms. The molecule has 0 radical (unpaired) electrons. The highest BCUT2D eigenvalue weighted by Crippen LogP contribution is 2.51. The van der Waals surface area contributed by atoms with Crippen LogP contribution in [0.3, 0.4) is 0 Å². The van der Waals surface area contributed by atoms with Crippen LogP contribution in [0.4, 0.5) is 4.39 Å². The first-order chi connectivity index (χ1) is 18.0. The first-order valence-corrected chi connectivity index (χ1v) is 13.0. The van der Waals surface area contributed by atoms with Crippen LogP contribution in [0, 0.1) is 11.7 Å². The van der Waals surface area contributed by atoms with Gasteiger partial charge in [-0.15, -0.1) is 10.2 Å². The molecule has 5 heterocycles. The van der Waals surface area contributed by atoms with Crippen molar-refractivity contribution in [3.63, 3.8) is 0 Å². The number of halogens is 1. The van der Waals surface area contributed by atoms with Crippen molar-refractivity contribution < 1.29 is 22.8 Å². The molecule has 3 aromatic carbocycles. The minimum Gasteiger partial charge on any atom is -0.484 e. The van der Waals surface area contributed by atoms with E-state index in [9.17, 15) is 4.39 Å². The number of nitrogens with zero attached hydrogens (tertiary/aromatic N) is 3. The zero-order chi connectivity index (χ0) is 25.0. The number of aromatic nitrogens is 2. The molecule has 0 amide bonds. The fourth-order valence-electron chi connectivity index (χ4n) is 6.50. The van der Waals surface area contributed by atoms with Gasteiger partial charge >= 0.3 is 0 Å². The lowest BCUT2D eigenvalue weighted by Gasteiger charge is -2.51. The number of para-hydroxylation sites is 2. The van der Waals surface area contributed by atoms with Crippen molar-refractivity contribution in [2.45, 2.75) is 37.8 Å². The van der Waals surface area contributed by atoms with E-state index in [0.717, 1.165) is 65.3 Å². The smallest absolute Gasteiger partial charge is 0.271 e. The molecule has 0 spiro atoms. The average Bonchev–Trinajstić information content (AvgIpc) is 3.39. The van der Waals surface area contributed by atoms with Crippen molar-refractivity contribution in [3.05, 3.63) is 102 Å². The summed E-state index contributed by atoms with van der Waals surface area (Å²) in [5.74, 6) is 3.85. The normalized spacial score (nSPS) is 25.1. The number of quaternary nitrogens is 1. The van der Waals surface area contributed by atoms with Gasteiger partial charge in [0.2, 0.25) is 5.89 Å². The largest absolute Gasteiger partial charge is 0.484 e. The summed E-state index contributed by atoms with van der Waals surface area (Å²) >= 11 is 0. The first-order valence-electron chi connectivity index (χ1n) is 13.0. The van der Waals surface area contributed by atoms with Gasteiger partial charge in [-0.2, -0.15) is 0 Å². The highest BCUT2D eigenvalue weighted by Gasteiger charge is 2.49. The first kappa shape index (κ1) is 22.5. The maximum absolute atomic E-state index is 13.4. The van der Waals surface area contributed by atoms with Crippen LogP contribution >= 0.6 is 0 Å². The fourth-order valence-corrected chi connectivity index (χ4v) is 6.50. The molecule has 6 nitrogen and oxygen atoms in total. The van der Waals surface area contributed by atoms with Crippen LogP contribution in [-0.2, 0) is 12.0 Å². The van der Waals surface area contributed by atoms with Crippen LogP contribution in [0.25, 0.3) is 0 Å². The zero-order valence-corrected chi connectivity index (χ0v) is 20.8. The Bertz CT molecular complexity index is 1400. The van der Waals surface area contributed by atoms with E-state index in [-0.39, 0.29) is 11.9 Å². The molecule has 0 unspecified atom stereocenters. The maximum Gasteiger partial charge on any atom is 0.271 e. The SMILES string of the molecule is CC1(c2nnc(C[N+]34CCC(CC3)[C@@H](Oc3ccc(F)cc3)C4)o2)c2ccccc2Oc2ccccc21. The molecule has 3 saturated heterocycles. The third-order valence-corrected chi connectivity index (χ3v) is 8.58. The van der Waals surface area contributed by atoms with Crippen LogP contribution in [0.1, 0.15) is 42.7 Å². The molecular weight excluding hydrogens is 469 g/mol. The van der Waals surface area contributed by atoms with E-state index in [0.29, 0.717) is 24.2 Å². The van der Waals surface area contributed by atoms with Gasteiger partial charge in [0.25, 0.3) is 5.89 Å². The standard InChI is InChI=1S/C30H29FN3O3/c1-30(23-6-2-4-8-25(23)36-26-9-5-3-7-24(26)30)29-33-32-28(37-29)19-34-16-14-20(15-17-34)27(18-34)35-22-12-10-21(31)11-13-22/h2-13,20,27H,14-19H2,1H3/q+1/t20?,27-,34?/m0/s1. The molecule has 0 saturated carbocycles. The van der Waals surface area contributed by atoms with E-state index < -0.39 is 5.41 Å². The number of hydrogen-bond acceptors (Lipinski definition) is 5. The van der Waals surface area contributed by atoms with Crippen LogP contribution in [-0.4, -0.2) is 40.4 Å². The number of hydrogen-bond donors (Lipinski definition) is 0. The monoisotopic (exact) mass is 498 g/mol. The van der Waals surface area contributed by atoms with Gasteiger partial charge in [-0.1, -0.05) is 36.4 Å². The molecule has 0 aliphatic carbocycles. The van der Waals surface area contributed by atoms with Crippen LogP contribution in [0.15, 0.2) is 77.2 Å². The van der Waals surface area contributed by atoms with Gasteiger partial charge in [0.05, 0.1) is 13.1 Å². The molecule has 1 atom stereocenters. The van der Waals surface area contributed by atoms with Gasteiger partial charge < -0.3 is 18.4 Å². The lowest BCUT2D eigenvalue weighted by molar-refractivity contribution is -0.959. The Hall–Kier alpha value is -3.71. The van der Waals surface area contributed by atoms with E-state index in [1.54, 1.807) is 12.1 Å². The fraction of sp³-hybridized carbons (Fsp3) is 0.333. The van der Waals surface area contributed by atoms with E-state index >= 15 is 0 Å². The Labute approximate surface area is 215 Å². The molecule has 188 valence electrons. The Morgan fingerprint density at radius 3 is 2.24 bits per heavy atom. The molecule has 7 heteroatoms. The Balaban J connectivity index is 1.17. The van der Waals surface area contributed by atoms with Gasteiger partial charge in [0.1, 0.15) is 35.0 Å². The summed E-state index contributed by atoms with van der Waals surface area (Å²) in [5.41, 5.74) is 1.42. The highest BCUT2D eigenvalue weighted by atomic mass is 19.1. The topological polar surface area (TPSA) is 57.4 Å². The number of ether oxygens (including phenoxy) is 2. The van der Waals surface area contributed by atoms with E-state index in [2.05, 4.69) is 29.3 Å². The number of rotatable bonds is 5. The van der Waals surface area contributed by atoms with Crippen molar-refractivity contribution in [1.82, 2.24) is 10.2 Å². The summed E-state index contributed by atoms with van der Waals surface area (Å²) in [5, 5.41) is 9.15. The van der Waals surface area contributed by atoms with Gasteiger partial charge in [0, 0.05) is 29.9 Å². The minimum absolute atomic E-state index is 0.0992. The summed E-state index contributed by atoms with van der Waals surface area (Å²) in [7, 11) is 0. The van der Waals surface area contributed by atoms with Crippen LogP contribution in [0.2, 0.25) is 0 Å². The highest BCUT2D eigenvalue weighted by molar-refractivity contribution is 5.60. The molecule has 1 aromatic heterocycles. The second-order valence-corrected chi connectivity index (χ2v) is 10.8. The second-order valence-electron chi connectivity index (χ2n) is 10.8. The predicted molar refractivity (Wildman–Crippen MR) is 135 cm³/mol. The lowest BCUT2D eigenvalue weighted by Crippen LogP contribution is -2.64. The molecule has 4 aliphatic rings. The van der Waals surface area contributed by atoms with E-state index in [1.807, 2.05) is 36.4 Å². The van der Waals surface area contributed by atoms with E-state index in [4.69, 9.17) is 13.9 Å². The van der Waals surface area contributed by atoms with Gasteiger partial charge in [-0.3, -0.25) is 0 Å². The number of benzene rings is 3. The molecule has 37 heavy (non-hydrogen) atoms. The van der Waals surface area contributed by atoms with Crippen molar-refractivity contribution in [2.24, 2.45) is 5.92 Å². The van der Waals surface area contributed by atoms with Crippen molar-refractivity contribution in [2.75, 3.05) is 19.6 Å². The third-order valence-electron chi connectivity index (χ3n) is 8.58. The molecule has 0 N–H and O–H groups in total. The molecule has 4 aliphatic heterocycles.